The summed E-state index contributed by atoms with van der Waals surface area (Å²) in [6, 6.07) is 7.80. The van der Waals surface area contributed by atoms with Crippen LogP contribution in [-0.4, -0.2) is 59.3 Å². The Kier molecular flexibility index (Phi) is 4.00. The van der Waals surface area contributed by atoms with Gasteiger partial charge < -0.3 is 15.6 Å². The van der Waals surface area contributed by atoms with Crippen LogP contribution in [0.2, 0.25) is 0 Å². The number of nitrogens with two attached hydrogens (primary N) is 1. The first kappa shape index (κ1) is 16.1. The second-order valence-electron chi connectivity index (χ2n) is 7.54. The first-order chi connectivity index (χ1) is 12.0. The minimum Gasteiger partial charge on any atom is -0.369 e. The average molecular weight is 340 g/mol. The number of hydrogen-bond acceptors (Lipinski definition) is 3. The van der Waals surface area contributed by atoms with Crippen LogP contribution in [0.25, 0.3) is 10.9 Å². The third-order valence-corrected chi connectivity index (χ3v) is 5.65. The smallest absolute Gasteiger partial charge is 0.253 e. The third kappa shape index (κ3) is 3.14. The van der Waals surface area contributed by atoms with Crippen molar-refractivity contribution in [1.82, 2.24) is 14.8 Å². The van der Waals surface area contributed by atoms with Crippen LogP contribution in [0.3, 0.4) is 0 Å². The van der Waals surface area contributed by atoms with E-state index >= 15 is 0 Å². The molecule has 0 saturated carbocycles. The SMILES string of the molecule is NC(=O)CN1CCCC2(CCN(C(=O)c3ccc4[nH]ccc4c3)C2)C1. The number of amides is 2. The van der Waals surface area contributed by atoms with Crippen molar-refractivity contribution in [2.45, 2.75) is 19.3 Å². The molecule has 1 atom stereocenters. The predicted octanol–water partition coefficient (Wildman–Crippen LogP) is 1.58. The minimum atomic E-state index is -0.275. The number of primary amides is 1. The fourth-order valence-corrected chi connectivity index (χ4v) is 4.48. The van der Waals surface area contributed by atoms with Gasteiger partial charge in [0.25, 0.3) is 5.91 Å². The fourth-order valence-electron chi connectivity index (χ4n) is 4.48. The molecule has 4 rings (SSSR count). The molecular formula is C19H24N4O2. The summed E-state index contributed by atoms with van der Waals surface area (Å²) in [5.74, 6) is -0.171. The molecular weight excluding hydrogens is 316 g/mol. The Balaban J connectivity index is 1.47. The Labute approximate surface area is 147 Å². The van der Waals surface area contributed by atoms with Crippen LogP contribution in [-0.2, 0) is 4.79 Å². The van der Waals surface area contributed by atoms with Gasteiger partial charge in [-0.15, -0.1) is 0 Å². The highest BCUT2D eigenvalue weighted by molar-refractivity contribution is 5.98. The number of nitrogens with one attached hydrogen (secondary N) is 1. The van der Waals surface area contributed by atoms with Crippen molar-refractivity contribution in [3.63, 3.8) is 0 Å². The monoisotopic (exact) mass is 340 g/mol. The van der Waals surface area contributed by atoms with Gasteiger partial charge >= 0.3 is 0 Å². The van der Waals surface area contributed by atoms with E-state index < -0.39 is 0 Å². The highest BCUT2D eigenvalue weighted by Crippen LogP contribution is 2.39. The van der Waals surface area contributed by atoms with Crippen LogP contribution in [0.15, 0.2) is 30.5 Å². The van der Waals surface area contributed by atoms with E-state index in [-0.39, 0.29) is 17.2 Å². The number of carbonyl (C=O) groups is 2. The topological polar surface area (TPSA) is 82.4 Å². The third-order valence-electron chi connectivity index (χ3n) is 5.65. The van der Waals surface area contributed by atoms with Crippen LogP contribution in [0, 0.1) is 5.41 Å². The lowest BCUT2D eigenvalue weighted by Gasteiger charge is -2.39. The summed E-state index contributed by atoms with van der Waals surface area (Å²) in [6.07, 6.45) is 5.06. The number of piperidine rings is 1. The van der Waals surface area contributed by atoms with Crippen molar-refractivity contribution in [1.29, 1.82) is 0 Å². The Morgan fingerprint density at radius 3 is 2.88 bits per heavy atom. The summed E-state index contributed by atoms with van der Waals surface area (Å²) in [5.41, 5.74) is 7.25. The molecule has 6 heteroatoms. The van der Waals surface area contributed by atoms with Crippen molar-refractivity contribution in [2.24, 2.45) is 11.1 Å². The van der Waals surface area contributed by atoms with E-state index in [1.54, 1.807) is 0 Å². The van der Waals surface area contributed by atoms with Crippen LogP contribution >= 0.6 is 0 Å². The summed E-state index contributed by atoms with van der Waals surface area (Å²) in [4.78, 5) is 31.4. The van der Waals surface area contributed by atoms with Gasteiger partial charge in [-0.2, -0.15) is 0 Å². The van der Waals surface area contributed by atoms with E-state index in [1.807, 2.05) is 35.4 Å². The van der Waals surface area contributed by atoms with Crippen molar-refractivity contribution in [2.75, 3.05) is 32.7 Å². The molecule has 1 unspecified atom stereocenters. The molecule has 3 heterocycles. The first-order valence-electron chi connectivity index (χ1n) is 8.92. The maximum absolute atomic E-state index is 12.9. The van der Waals surface area contributed by atoms with E-state index in [0.29, 0.717) is 6.54 Å². The summed E-state index contributed by atoms with van der Waals surface area (Å²) in [7, 11) is 0. The normalized spacial score (nSPS) is 24.2. The van der Waals surface area contributed by atoms with E-state index in [0.717, 1.165) is 61.9 Å². The Morgan fingerprint density at radius 2 is 2.04 bits per heavy atom. The van der Waals surface area contributed by atoms with E-state index in [2.05, 4.69) is 9.88 Å². The predicted molar refractivity (Wildman–Crippen MR) is 96.1 cm³/mol. The van der Waals surface area contributed by atoms with Crippen molar-refractivity contribution >= 4 is 22.7 Å². The summed E-state index contributed by atoms with van der Waals surface area (Å²) in [5, 5.41) is 1.06. The molecule has 3 N–H and O–H groups in total. The van der Waals surface area contributed by atoms with Gasteiger partial charge in [-0.1, -0.05) is 0 Å². The number of H-pyrrole nitrogens is 1. The number of fused-ring (bicyclic) bond motifs is 1. The van der Waals surface area contributed by atoms with Gasteiger partial charge in [0.15, 0.2) is 0 Å². The highest BCUT2D eigenvalue weighted by Gasteiger charge is 2.43. The molecule has 132 valence electrons. The van der Waals surface area contributed by atoms with Crippen LogP contribution in [0.4, 0.5) is 0 Å². The van der Waals surface area contributed by atoms with Crippen LogP contribution < -0.4 is 5.73 Å². The van der Waals surface area contributed by atoms with Crippen LogP contribution in [0.5, 0.6) is 0 Å². The second kappa shape index (κ2) is 6.19. The number of aromatic amines is 1. The zero-order chi connectivity index (χ0) is 17.4. The molecule has 2 fully saturated rings. The lowest BCUT2D eigenvalue weighted by atomic mass is 9.79. The number of carbonyl (C=O) groups excluding carboxylic acids is 2. The maximum atomic E-state index is 12.9. The zero-order valence-electron chi connectivity index (χ0n) is 14.3. The van der Waals surface area contributed by atoms with Crippen molar-refractivity contribution in [3.05, 3.63) is 36.0 Å². The van der Waals surface area contributed by atoms with Gasteiger partial charge in [0.05, 0.1) is 6.54 Å². The summed E-state index contributed by atoms with van der Waals surface area (Å²) in [6.45, 7) is 3.65. The number of hydrogen-bond donors (Lipinski definition) is 2. The number of nitrogens with zero attached hydrogens (tertiary/aromatic N) is 2. The van der Waals surface area contributed by atoms with Crippen molar-refractivity contribution in [3.8, 4) is 0 Å². The summed E-state index contributed by atoms with van der Waals surface area (Å²) < 4.78 is 0. The first-order valence-corrected chi connectivity index (χ1v) is 8.92. The number of rotatable bonds is 3. The highest BCUT2D eigenvalue weighted by atomic mass is 16.2. The van der Waals surface area contributed by atoms with E-state index in [4.69, 9.17) is 5.73 Å². The molecule has 6 nitrogen and oxygen atoms in total. The van der Waals surface area contributed by atoms with Gasteiger partial charge in [-0.3, -0.25) is 14.5 Å². The zero-order valence-corrected chi connectivity index (χ0v) is 14.3. The van der Waals surface area contributed by atoms with E-state index in [1.165, 1.54) is 0 Å². The average Bonchev–Trinajstić information content (AvgIpc) is 3.20. The molecule has 0 bridgehead atoms. The molecule has 2 aromatic rings. The fraction of sp³-hybridized carbons (Fsp3) is 0.474. The number of benzene rings is 1. The number of aromatic nitrogens is 1. The lowest BCUT2D eigenvalue weighted by Crippen LogP contribution is -2.47. The molecule has 1 aromatic heterocycles. The molecule has 2 amide bonds. The minimum absolute atomic E-state index is 0.104. The lowest BCUT2D eigenvalue weighted by molar-refractivity contribution is -0.119. The Morgan fingerprint density at radius 1 is 1.16 bits per heavy atom. The van der Waals surface area contributed by atoms with Gasteiger partial charge in [0.2, 0.25) is 5.91 Å². The molecule has 2 saturated heterocycles. The molecule has 0 aliphatic carbocycles. The molecule has 0 radical (unpaired) electrons. The standard InChI is InChI=1S/C19H24N4O2/c20-17(24)11-22-8-1-5-19(12-22)6-9-23(13-19)18(25)15-2-3-16-14(10-15)4-7-21-16/h2-4,7,10,21H,1,5-6,8-9,11-13H2,(H2,20,24). The molecule has 1 aromatic carbocycles. The molecule has 2 aliphatic heterocycles. The van der Waals surface area contributed by atoms with Crippen molar-refractivity contribution < 1.29 is 9.59 Å². The largest absolute Gasteiger partial charge is 0.369 e. The van der Waals surface area contributed by atoms with E-state index in [9.17, 15) is 9.59 Å². The Hall–Kier alpha value is -2.34. The second-order valence-corrected chi connectivity index (χ2v) is 7.54. The van der Waals surface area contributed by atoms with Crippen LogP contribution in [0.1, 0.15) is 29.6 Å². The molecule has 2 aliphatic rings. The number of likely N-dealkylation sites (tertiary alicyclic amines) is 2. The molecule has 25 heavy (non-hydrogen) atoms. The quantitative estimate of drug-likeness (QED) is 0.890. The Bertz CT molecular complexity index is 815. The maximum Gasteiger partial charge on any atom is 0.253 e. The van der Waals surface area contributed by atoms with Gasteiger partial charge in [0, 0.05) is 47.7 Å². The molecule has 1 spiro atoms. The van der Waals surface area contributed by atoms with Gasteiger partial charge in [-0.05, 0) is 50.1 Å². The summed E-state index contributed by atoms with van der Waals surface area (Å²) >= 11 is 0. The van der Waals surface area contributed by atoms with Gasteiger partial charge in [0.1, 0.15) is 0 Å². The van der Waals surface area contributed by atoms with Gasteiger partial charge in [-0.25, -0.2) is 0 Å².